The van der Waals surface area contributed by atoms with Crippen molar-refractivity contribution in [3.63, 3.8) is 0 Å². The van der Waals surface area contributed by atoms with Crippen molar-refractivity contribution >= 4 is 0 Å². The third-order valence-corrected chi connectivity index (χ3v) is 16.1. The molecule has 0 unspecified atom stereocenters. The quantitative estimate of drug-likeness (QED) is 0.116. The highest BCUT2D eigenvalue weighted by Gasteiger charge is 2.38. The number of aromatic nitrogens is 3. The molecule has 12 rings (SSSR count). The highest BCUT2D eigenvalue weighted by Crippen LogP contribution is 2.48. The molecule has 74 heavy (non-hydrogen) atoms. The summed E-state index contributed by atoms with van der Waals surface area (Å²) in [5, 5.41) is 0. The lowest BCUT2D eigenvalue weighted by molar-refractivity contribution is 0.431. The van der Waals surface area contributed by atoms with E-state index in [4.69, 9.17) is 15.0 Å². The summed E-state index contributed by atoms with van der Waals surface area (Å²) in [6.07, 6.45) is 17.0. The maximum absolute atomic E-state index is 13.9. The van der Waals surface area contributed by atoms with Gasteiger partial charge >= 0.3 is 0 Å². The summed E-state index contributed by atoms with van der Waals surface area (Å²) in [6, 6.07) is 70.5. The van der Waals surface area contributed by atoms with Crippen molar-refractivity contribution < 1.29 is 8.78 Å². The predicted octanol–water partition coefficient (Wildman–Crippen LogP) is 17.9. The fraction of sp³-hybridized carbons (Fsp3) is 0.174. The van der Waals surface area contributed by atoms with Gasteiger partial charge in [0.15, 0.2) is 0 Å². The lowest BCUT2D eigenvalue weighted by Gasteiger charge is -2.32. The van der Waals surface area contributed by atoms with Crippen LogP contribution in [0.4, 0.5) is 8.78 Å². The molecule has 362 valence electrons. The highest BCUT2D eigenvalue weighted by atomic mass is 19.1. The Kier molecular flexibility index (Phi) is 12.9. The summed E-state index contributed by atoms with van der Waals surface area (Å²) in [4.78, 5) is 15.2. The number of nitrogens with zero attached hydrogens (tertiary/aromatic N) is 3. The highest BCUT2D eigenvalue weighted by molar-refractivity contribution is 5.93. The van der Waals surface area contributed by atoms with E-state index in [9.17, 15) is 8.78 Å². The largest absolute Gasteiger partial charge is 0.256 e. The van der Waals surface area contributed by atoms with Gasteiger partial charge in [-0.1, -0.05) is 165 Å². The standard InChI is InChI=1S/C69H57F2N3/c70-59-29-23-54(24-30-59)65-33-27-57(45-72-65)68(35-9-10-36-68)43-48-39-49(44-69(37-11-12-38-69)58-28-34-66(73-46-58)55-25-31-60(71)32-26-55)41-56(40-48)61-17-7-8-18-62(61)64-47-74-67(53-15-5-2-6-16-53)42-63(64)52-21-19-51(20-22-52)50-13-3-1-4-14-50/h1-8,13-34,39-42,45-47H,9-12,35-38,43-44H2. The van der Waals surface area contributed by atoms with Gasteiger partial charge in [-0.05, 0) is 166 Å². The molecule has 2 saturated carbocycles. The van der Waals surface area contributed by atoms with Crippen LogP contribution in [0.2, 0.25) is 0 Å². The van der Waals surface area contributed by atoms with E-state index in [2.05, 4.69) is 170 Å². The zero-order valence-corrected chi connectivity index (χ0v) is 41.5. The summed E-state index contributed by atoms with van der Waals surface area (Å²) in [7, 11) is 0. The van der Waals surface area contributed by atoms with Crippen LogP contribution in [0.3, 0.4) is 0 Å². The van der Waals surface area contributed by atoms with Crippen LogP contribution in [0.1, 0.15) is 73.6 Å². The number of pyridine rings is 3. The lowest BCUT2D eigenvalue weighted by atomic mass is 9.72. The van der Waals surface area contributed by atoms with Crippen LogP contribution in [0, 0.1) is 11.6 Å². The lowest BCUT2D eigenvalue weighted by Crippen LogP contribution is -2.27. The SMILES string of the molecule is Fc1ccc(-c2ccc(C3(Cc4cc(CC5(c6ccc(-c7ccc(F)cc7)nc6)CCCC5)cc(-c5ccccc5-c5cnc(-c6ccccc6)cc5-c5ccc(-c6ccccc6)cc5)c4)CCCC3)cn2)cc1. The van der Waals surface area contributed by atoms with Gasteiger partial charge in [-0.2, -0.15) is 0 Å². The number of hydrogen-bond acceptors (Lipinski definition) is 3. The molecule has 0 saturated heterocycles. The Morgan fingerprint density at radius 2 is 0.730 bits per heavy atom. The first-order valence-electron chi connectivity index (χ1n) is 26.3. The van der Waals surface area contributed by atoms with Gasteiger partial charge < -0.3 is 0 Å². The molecule has 0 amide bonds. The second kappa shape index (κ2) is 20.4. The Hall–Kier alpha value is -8.15. The average molecular weight is 966 g/mol. The smallest absolute Gasteiger partial charge is 0.123 e. The molecule has 2 aliphatic carbocycles. The number of rotatable bonds is 13. The predicted molar refractivity (Wildman–Crippen MR) is 298 cm³/mol. The maximum Gasteiger partial charge on any atom is 0.123 e. The Labute approximate surface area is 433 Å². The van der Waals surface area contributed by atoms with Gasteiger partial charge in [-0.25, -0.2) is 8.78 Å². The molecule has 0 N–H and O–H groups in total. The van der Waals surface area contributed by atoms with Gasteiger partial charge in [-0.3, -0.25) is 15.0 Å². The monoisotopic (exact) mass is 965 g/mol. The van der Waals surface area contributed by atoms with Crippen LogP contribution in [0.15, 0.2) is 225 Å². The van der Waals surface area contributed by atoms with Crippen molar-refractivity contribution in [2.75, 3.05) is 0 Å². The average Bonchev–Trinajstić information content (AvgIpc) is 4.16. The molecule has 0 bridgehead atoms. The minimum atomic E-state index is -0.248. The molecular formula is C69H57F2N3. The fourth-order valence-corrected chi connectivity index (χ4v) is 12.3. The van der Waals surface area contributed by atoms with Gasteiger partial charge in [0.25, 0.3) is 0 Å². The summed E-state index contributed by atoms with van der Waals surface area (Å²) >= 11 is 0. The van der Waals surface area contributed by atoms with E-state index in [-0.39, 0.29) is 22.5 Å². The van der Waals surface area contributed by atoms with E-state index in [0.717, 1.165) is 94.6 Å². The molecule has 7 aromatic carbocycles. The molecule has 0 spiro atoms. The third kappa shape index (κ3) is 9.63. The van der Waals surface area contributed by atoms with Crippen molar-refractivity contribution in [3.8, 4) is 78.3 Å². The first-order valence-corrected chi connectivity index (χ1v) is 26.3. The van der Waals surface area contributed by atoms with E-state index >= 15 is 0 Å². The van der Waals surface area contributed by atoms with Gasteiger partial charge in [0.1, 0.15) is 11.6 Å². The second-order valence-corrected chi connectivity index (χ2v) is 20.7. The summed E-state index contributed by atoms with van der Waals surface area (Å²) in [5.41, 5.74) is 19.8. The van der Waals surface area contributed by atoms with Crippen molar-refractivity contribution in [2.24, 2.45) is 0 Å². The molecule has 3 nitrogen and oxygen atoms in total. The van der Waals surface area contributed by atoms with Gasteiger partial charge in [0.2, 0.25) is 0 Å². The molecule has 3 aromatic heterocycles. The van der Waals surface area contributed by atoms with E-state index < -0.39 is 0 Å². The van der Waals surface area contributed by atoms with Gasteiger partial charge in [0.05, 0.1) is 17.1 Å². The van der Waals surface area contributed by atoms with E-state index in [1.807, 2.05) is 6.07 Å². The maximum atomic E-state index is 13.9. The normalized spacial score (nSPS) is 14.8. The van der Waals surface area contributed by atoms with E-state index in [1.165, 1.54) is 94.5 Å². The Bertz CT molecular complexity index is 3400. The molecule has 0 aliphatic heterocycles. The van der Waals surface area contributed by atoms with Crippen LogP contribution in [-0.4, -0.2) is 15.0 Å². The van der Waals surface area contributed by atoms with Gasteiger partial charge in [0, 0.05) is 51.7 Å². The molecule has 2 aliphatic rings. The van der Waals surface area contributed by atoms with Crippen LogP contribution in [0.25, 0.3) is 78.3 Å². The second-order valence-electron chi connectivity index (χ2n) is 20.7. The van der Waals surface area contributed by atoms with Crippen molar-refractivity contribution in [3.05, 3.63) is 259 Å². The third-order valence-electron chi connectivity index (χ3n) is 16.1. The molecule has 0 radical (unpaired) electrons. The number of halogens is 2. The van der Waals surface area contributed by atoms with E-state index in [1.54, 1.807) is 24.3 Å². The van der Waals surface area contributed by atoms with Crippen LogP contribution in [-0.2, 0) is 23.7 Å². The Balaban J connectivity index is 0.974. The van der Waals surface area contributed by atoms with Crippen molar-refractivity contribution in [2.45, 2.75) is 75.0 Å². The van der Waals surface area contributed by atoms with Gasteiger partial charge in [-0.15, -0.1) is 0 Å². The molecule has 3 heterocycles. The Morgan fingerprint density at radius 3 is 1.23 bits per heavy atom. The van der Waals surface area contributed by atoms with Crippen molar-refractivity contribution in [1.82, 2.24) is 15.0 Å². The zero-order valence-electron chi connectivity index (χ0n) is 41.5. The van der Waals surface area contributed by atoms with Crippen LogP contribution < -0.4 is 0 Å². The number of benzene rings is 7. The Morgan fingerprint density at radius 1 is 0.311 bits per heavy atom. The van der Waals surface area contributed by atoms with Crippen molar-refractivity contribution in [1.29, 1.82) is 0 Å². The summed E-state index contributed by atoms with van der Waals surface area (Å²) in [5.74, 6) is -0.497. The van der Waals surface area contributed by atoms with E-state index in [0.29, 0.717) is 0 Å². The molecule has 10 aromatic rings. The molecule has 0 atom stereocenters. The zero-order chi connectivity index (χ0) is 49.9. The minimum Gasteiger partial charge on any atom is -0.256 e. The summed E-state index contributed by atoms with van der Waals surface area (Å²) in [6.45, 7) is 0. The molecule has 5 heteroatoms. The number of hydrogen-bond donors (Lipinski definition) is 0. The molecular weight excluding hydrogens is 909 g/mol. The van der Waals surface area contributed by atoms with Crippen LogP contribution in [0.5, 0.6) is 0 Å². The fourth-order valence-electron chi connectivity index (χ4n) is 12.3. The molecule has 2 fully saturated rings. The first-order chi connectivity index (χ1) is 36.4. The first kappa shape index (κ1) is 46.9. The minimum absolute atomic E-state index is 0.0782. The topological polar surface area (TPSA) is 38.7 Å². The summed E-state index contributed by atoms with van der Waals surface area (Å²) < 4.78 is 27.8. The van der Waals surface area contributed by atoms with Crippen LogP contribution >= 0.6 is 0 Å².